The summed E-state index contributed by atoms with van der Waals surface area (Å²) in [4.78, 5) is 7.50. The molecule has 4 nitrogen and oxygen atoms in total. The first-order chi connectivity index (χ1) is 6.79. The van der Waals surface area contributed by atoms with E-state index in [9.17, 15) is 4.39 Å². The maximum Gasteiger partial charge on any atom is 0.253 e. The van der Waals surface area contributed by atoms with Crippen LogP contribution in [0.3, 0.4) is 0 Å². The summed E-state index contributed by atoms with van der Waals surface area (Å²) < 4.78 is 18.5. The van der Waals surface area contributed by atoms with Crippen LogP contribution in [0.4, 0.5) is 4.39 Å². The van der Waals surface area contributed by atoms with Gasteiger partial charge in [-0.1, -0.05) is 6.92 Å². The van der Waals surface area contributed by atoms with Gasteiger partial charge < -0.3 is 10.5 Å². The molecule has 0 amide bonds. The average Bonchev–Trinajstić information content (AvgIpc) is 2.21. The molecule has 1 aromatic rings. The van der Waals surface area contributed by atoms with Gasteiger partial charge >= 0.3 is 0 Å². The van der Waals surface area contributed by atoms with Gasteiger partial charge in [0.1, 0.15) is 6.33 Å². The Hall–Kier alpha value is -1.23. The highest BCUT2D eigenvalue weighted by Crippen LogP contribution is 2.15. The van der Waals surface area contributed by atoms with E-state index in [1.54, 1.807) is 0 Å². The molecule has 0 aliphatic rings. The Labute approximate surface area is 82.3 Å². The number of nitrogens with two attached hydrogens (primary N) is 1. The summed E-state index contributed by atoms with van der Waals surface area (Å²) in [6.45, 7) is 2.73. The third-order valence-corrected chi connectivity index (χ3v) is 1.75. The number of ether oxygens (including phenoxy) is 1. The summed E-state index contributed by atoms with van der Waals surface area (Å²) in [7, 11) is 0. The van der Waals surface area contributed by atoms with Crippen LogP contribution in [0.25, 0.3) is 0 Å². The van der Waals surface area contributed by atoms with Crippen molar-refractivity contribution in [2.24, 2.45) is 5.73 Å². The lowest BCUT2D eigenvalue weighted by Gasteiger charge is -2.06. The van der Waals surface area contributed by atoms with Gasteiger partial charge in [0.05, 0.1) is 12.3 Å². The molecule has 0 fully saturated rings. The predicted octanol–water partition coefficient (Wildman–Crippen LogP) is 0.906. The molecule has 0 saturated heterocycles. The van der Waals surface area contributed by atoms with Crippen LogP contribution in [0.5, 0.6) is 5.88 Å². The third kappa shape index (κ3) is 2.63. The van der Waals surface area contributed by atoms with Crippen LogP contribution in [0.2, 0.25) is 0 Å². The van der Waals surface area contributed by atoms with Crippen molar-refractivity contribution >= 4 is 0 Å². The van der Waals surface area contributed by atoms with Crippen LogP contribution < -0.4 is 10.5 Å². The van der Waals surface area contributed by atoms with Gasteiger partial charge in [-0.25, -0.2) is 4.98 Å². The first kappa shape index (κ1) is 10.8. The molecule has 1 rings (SSSR count). The van der Waals surface area contributed by atoms with Crippen molar-refractivity contribution in [3.05, 3.63) is 17.8 Å². The van der Waals surface area contributed by atoms with E-state index in [1.807, 2.05) is 6.92 Å². The topological polar surface area (TPSA) is 61.0 Å². The monoisotopic (exact) mass is 199 g/mol. The van der Waals surface area contributed by atoms with Crippen LogP contribution in [0, 0.1) is 5.82 Å². The summed E-state index contributed by atoms with van der Waals surface area (Å²) in [5.74, 6) is -0.447. The summed E-state index contributed by atoms with van der Waals surface area (Å²) >= 11 is 0. The summed E-state index contributed by atoms with van der Waals surface area (Å²) in [6.07, 6.45) is 2.52. The molecule has 2 N–H and O–H groups in total. The van der Waals surface area contributed by atoms with Crippen molar-refractivity contribution in [1.82, 2.24) is 9.97 Å². The van der Waals surface area contributed by atoms with Gasteiger partial charge in [0, 0.05) is 0 Å². The molecule has 14 heavy (non-hydrogen) atoms. The molecule has 0 radical (unpaired) electrons. The Balaban J connectivity index is 2.66. The summed E-state index contributed by atoms with van der Waals surface area (Å²) in [6, 6.07) is 0. The Morgan fingerprint density at radius 2 is 2.29 bits per heavy atom. The molecule has 0 bridgehead atoms. The zero-order valence-corrected chi connectivity index (χ0v) is 8.16. The molecular weight excluding hydrogens is 185 g/mol. The van der Waals surface area contributed by atoms with E-state index in [0.717, 1.165) is 0 Å². The Morgan fingerprint density at radius 3 is 2.93 bits per heavy atom. The molecule has 0 saturated carbocycles. The minimum Gasteiger partial charge on any atom is -0.475 e. The van der Waals surface area contributed by atoms with Crippen molar-refractivity contribution < 1.29 is 9.13 Å². The van der Waals surface area contributed by atoms with E-state index < -0.39 is 5.82 Å². The molecule has 0 aromatic carbocycles. The SMILES string of the molecule is CCc1ncnc(OCCCN)c1F. The van der Waals surface area contributed by atoms with Gasteiger partial charge in [-0.2, -0.15) is 9.37 Å². The van der Waals surface area contributed by atoms with E-state index in [-0.39, 0.29) is 5.88 Å². The maximum absolute atomic E-state index is 13.4. The molecule has 0 atom stereocenters. The van der Waals surface area contributed by atoms with Crippen molar-refractivity contribution in [2.75, 3.05) is 13.2 Å². The fourth-order valence-corrected chi connectivity index (χ4v) is 0.987. The van der Waals surface area contributed by atoms with Gasteiger partial charge in [-0.3, -0.25) is 0 Å². The molecule has 0 spiro atoms. The van der Waals surface area contributed by atoms with E-state index in [0.29, 0.717) is 31.7 Å². The van der Waals surface area contributed by atoms with Crippen molar-refractivity contribution in [1.29, 1.82) is 0 Å². The highest BCUT2D eigenvalue weighted by atomic mass is 19.1. The lowest BCUT2D eigenvalue weighted by molar-refractivity contribution is 0.282. The molecule has 0 aliphatic heterocycles. The fourth-order valence-electron chi connectivity index (χ4n) is 0.987. The van der Waals surface area contributed by atoms with Gasteiger partial charge in [-0.05, 0) is 19.4 Å². The van der Waals surface area contributed by atoms with Gasteiger partial charge in [0.25, 0.3) is 5.88 Å². The minimum absolute atomic E-state index is 0.0188. The molecule has 1 heterocycles. The first-order valence-corrected chi connectivity index (χ1v) is 4.61. The van der Waals surface area contributed by atoms with Gasteiger partial charge in [-0.15, -0.1) is 0 Å². The van der Waals surface area contributed by atoms with Crippen LogP contribution in [0.1, 0.15) is 19.0 Å². The predicted molar refractivity (Wildman–Crippen MR) is 50.5 cm³/mol. The van der Waals surface area contributed by atoms with E-state index in [1.165, 1.54) is 6.33 Å². The normalized spacial score (nSPS) is 10.2. The Kier molecular flexibility index (Phi) is 4.25. The van der Waals surface area contributed by atoms with Gasteiger partial charge in [0.2, 0.25) is 5.82 Å². The molecule has 0 unspecified atom stereocenters. The second kappa shape index (κ2) is 5.49. The van der Waals surface area contributed by atoms with Crippen molar-refractivity contribution in [3.63, 3.8) is 0 Å². The molecule has 0 aliphatic carbocycles. The smallest absolute Gasteiger partial charge is 0.253 e. The standard InChI is InChI=1S/C9H14FN3O/c1-2-7-8(10)9(13-6-12-7)14-5-3-4-11/h6H,2-5,11H2,1H3. The molecule has 5 heteroatoms. The largest absolute Gasteiger partial charge is 0.475 e. The van der Waals surface area contributed by atoms with Crippen LogP contribution in [-0.2, 0) is 6.42 Å². The van der Waals surface area contributed by atoms with Crippen LogP contribution in [-0.4, -0.2) is 23.1 Å². The Morgan fingerprint density at radius 1 is 1.50 bits per heavy atom. The number of rotatable bonds is 5. The van der Waals surface area contributed by atoms with E-state index in [2.05, 4.69) is 9.97 Å². The zero-order chi connectivity index (χ0) is 10.4. The lowest BCUT2D eigenvalue weighted by Crippen LogP contribution is -2.09. The minimum atomic E-state index is -0.466. The number of nitrogens with zero attached hydrogens (tertiary/aromatic N) is 2. The molecule has 78 valence electrons. The quantitative estimate of drug-likeness (QED) is 0.716. The summed E-state index contributed by atoms with van der Waals surface area (Å²) in [5, 5.41) is 0. The number of hydrogen-bond acceptors (Lipinski definition) is 4. The van der Waals surface area contributed by atoms with Crippen molar-refractivity contribution in [3.8, 4) is 5.88 Å². The number of halogens is 1. The lowest BCUT2D eigenvalue weighted by atomic mass is 10.3. The Bertz CT molecular complexity index is 293. The van der Waals surface area contributed by atoms with Crippen LogP contribution >= 0.6 is 0 Å². The summed E-state index contributed by atoms with van der Waals surface area (Å²) in [5.41, 5.74) is 5.66. The highest BCUT2D eigenvalue weighted by molar-refractivity contribution is 5.16. The third-order valence-electron chi connectivity index (χ3n) is 1.75. The first-order valence-electron chi connectivity index (χ1n) is 4.61. The van der Waals surface area contributed by atoms with Gasteiger partial charge in [0.15, 0.2) is 0 Å². The zero-order valence-electron chi connectivity index (χ0n) is 8.16. The average molecular weight is 199 g/mol. The van der Waals surface area contributed by atoms with Crippen LogP contribution in [0.15, 0.2) is 6.33 Å². The number of aromatic nitrogens is 2. The number of aryl methyl sites for hydroxylation is 1. The van der Waals surface area contributed by atoms with Crippen molar-refractivity contribution in [2.45, 2.75) is 19.8 Å². The molecular formula is C9H14FN3O. The maximum atomic E-state index is 13.4. The highest BCUT2D eigenvalue weighted by Gasteiger charge is 2.09. The van der Waals surface area contributed by atoms with E-state index >= 15 is 0 Å². The fraction of sp³-hybridized carbons (Fsp3) is 0.556. The molecule has 1 aromatic heterocycles. The van der Waals surface area contributed by atoms with E-state index in [4.69, 9.17) is 10.5 Å². The number of hydrogen-bond donors (Lipinski definition) is 1. The second-order valence-electron chi connectivity index (χ2n) is 2.78. The second-order valence-corrected chi connectivity index (χ2v) is 2.78.